The van der Waals surface area contributed by atoms with Gasteiger partial charge in [-0.25, -0.2) is 4.79 Å². The van der Waals surface area contributed by atoms with E-state index >= 15 is 0 Å². The van der Waals surface area contributed by atoms with Gasteiger partial charge in [0.05, 0.1) is 6.54 Å². The number of barbiturate groups is 1. The van der Waals surface area contributed by atoms with E-state index in [4.69, 9.17) is 0 Å². The maximum atomic E-state index is 13.2. The molecule has 0 bridgehead atoms. The van der Waals surface area contributed by atoms with Crippen molar-refractivity contribution in [3.63, 3.8) is 0 Å². The van der Waals surface area contributed by atoms with Crippen molar-refractivity contribution in [1.82, 2.24) is 14.8 Å². The molecule has 0 saturated carbocycles. The monoisotopic (exact) mass is 435 g/mol. The summed E-state index contributed by atoms with van der Waals surface area (Å²) >= 11 is 0. The summed E-state index contributed by atoms with van der Waals surface area (Å²) in [5, 5.41) is 3.22. The number of nitrogens with zero attached hydrogens (tertiary/aromatic N) is 2. The zero-order chi connectivity index (χ0) is 22.8. The number of nitrogens with one attached hydrogen (secondary N) is 1. The average molecular weight is 435 g/mol. The number of amides is 4. The fourth-order valence-electron chi connectivity index (χ4n) is 4.06. The molecule has 4 aromatic rings. The van der Waals surface area contributed by atoms with Crippen LogP contribution in [-0.2, 0) is 22.7 Å². The van der Waals surface area contributed by atoms with Crippen molar-refractivity contribution in [2.75, 3.05) is 0 Å². The van der Waals surface area contributed by atoms with Gasteiger partial charge in [-0.15, -0.1) is 0 Å². The predicted octanol–water partition coefficient (Wildman–Crippen LogP) is 4.35. The summed E-state index contributed by atoms with van der Waals surface area (Å²) in [5.41, 5.74) is 3.62. The highest BCUT2D eigenvalue weighted by molar-refractivity contribution is 6.31. The van der Waals surface area contributed by atoms with E-state index in [0.29, 0.717) is 6.54 Å². The lowest BCUT2D eigenvalue weighted by atomic mass is 10.1. The summed E-state index contributed by atoms with van der Waals surface area (Å²) in [5.74, 6) is -1.29. The minimum absolute atomic E-state index is 0.0619. The molecule has 2 heterocycles. The predicted molar refractivity (Wildman–Crippen MR) is 126 cm³/mol. The van der Waals surface area contributed by atoms with Crippen molar-refractivity contribution in [1.29, 1.82) is 0 Å². The van der Waals surface area contributed by atoms with Gasteiger partial charge >= 0.3 is 6.03 Å². The third-order valence-corrected chi connectivity index (χ3v) is 5.68. The van der Waals surface area contributed by atoms with Crippen molar-refractivity contribution in [3.8, 4) is 0 Å². The number of hydrogen-bond donors (Lipinski definition) is 1. The van der Waals surface area contributed by atoms with E-state index in [0.717, 1.165) is 32.5 Å². The van der Waals surface area contributed by atoms with Gasteiger partial charge in [0, 0.05) is 29.2 Å². The number of rotatable bonds is 5. The number of carbonyl (C=O) groups excluding carboxylic acids is 3. The average Bonchev–Trinajstić information content (AvgIpc) is 3.18. The minimum Gasteiger partial charge on any atom is -0.342 e. The van der Waals surface area contributed by atoms with Crippen LogP contribution >= 0.6 is 0 Å². The summed E-state index contributed by atoms with van der Waals surface area (Å²) in [7, 11) is 0. The maximum Gasteiger partial charge on any atom is 0.331 e. The molecule has 0 atom stereocenters. The Morgan fingerprint density at radius 2 is 1.33 bits per heavy atom. The molecule has 1 aromatic heterocycles. The van der Waals surface area contributed by atoms with Gasteiger partial charge in [-0.2, -0.15) is 0 Å². The summed E-state index contributed by atoms with van der Waals surface area (Å²) in [4.78, 5) is 39.2. The van der Waals surface area contributed by atoms with Gasteiger partial charge < -0.3 is 4.57 Å². The van der Waals surface area contributed by atoms with Gasteiger partial charge in [0.25, 0.3) is 11.8 Å². The van der Waals surface area contributed by atoms with Gasteiger partial charge in [-0.05, 0) is 23.3 Å². The molecule has 3 aromatic carbocycles. The highest BCUT2D eigenvalue weighted by atomic mass is 16.2. The van der Waals surface area contributed by atoms with Gasteiger partial charge in [0.2, 0.25) is 0 Å². The Morgan fingerprint density at radius 3 is 2.03 bits per heavy atom. The van der Waals surface area contributed by atoms with Crippen molar-refractivity contribution in [3.05, 3.63) is 113 Å². The van der Waals surface area contributed by atoms with Crippen molar-refractivity contribution in [2.24, 2.45) is 0 Å². The molecule has 6 heteroatoms. The first kappa shape index (κ1) is 20.5. The zero-order valence-corrected chi connectivity index (χ0v) is 17.8. The second-order valence-electron chi connectivity index (χ2n) is 7.91. The molecule has 1 N–H and O–H groups in total. The Labute approximate surface area is 190 Å². The van der Waals surface area contributed by atoms with E-state index in [-0.39, 0.29) is 12.1 Å². The smallest absolute Gasteiger partial charge is 0.331 e. The second-order valence-corrected chi connectivity index (χ2v) is 7.91. The Hall–Kier alpha value is -4.45. The first-order valence-corrected chi connectivity index (χ1v) is 10.6. The van der Waals surface area contributed by atoms with E-state index in [1.165, 1.54) is 0 Å². The van der Waals surface area contributed by atoms with Crippen LogP contribution in [-0.4, -0.2) is 27.3 Å². The fraction of sp³-hybridized carbons (Fsp3) is 0.0741. The molecule has 6 nitrogen and oxygen atoms in total. The molecule has 5 rings (SSSR count). The first-order valence-electron chi connectivity index (χ1n) is 10.6. The van der Waals surface area contributed by atoms with E-state index in [1.807, 2.05) is 79.0 Å². The molecule has 4 amide bonds. The summed E-state index contributed by atoms with van der Waals surface area (Å²) in [6.45, 7) is 0.745. The van der Waals surface area contributed by atoms with Crippen LogP contribution in [0, 0.1) is 0 Å². The minimum atomic E-state index is -0.711. The van der Waals surface area contributed by atoms with Crippen molar-refractivity contribution >= 4 is 34.8 Å². The molecule has 0 radical (unpaired) electrons. The molecule has 33 heavy (non-hydrogen) atoms. The Kier molecular flexibility index (Phi) is 5.32. The number of carbonyl (C=O) groups is 3. The quantitative estimate of drug-likeness (QED) is 0.374. The van der Waals surface area contributed by atoms with E-state index < -0.39 is 17.8 Å². The standard InChI is InChI=1S/C27H21N3O3/c31-25-23(26(32)30(27(33)28-25)17-20-11-5-2-6-12-20)15-21-18-29(16-19-9-3-1-4-10-19)24-14-8-7-13-22(21)24/h1-15,18H,16-17H2,(H,28,31,33). The maximum absolute atomic E-state index is 13.2. The first-order chi connectivity index (χ1) is 16.1. The van der Waals surface area contributed by atoms with Gasteiger partial charge in [0.15, 0.2) is 0 Å². The van der Waals surface area contributed by atoms with E-state index in [1.54, 1.807) is 6.08 Å². The van der Waals surface area contributed by atoms with Gasteiger partial charge in [0.1, 0.15) is 5.57 Å². The lowest BCUT2D eigenvalue weighted by Crippen LogP contribution is -2.53. The lowest BCUT2D eigenvalue weighted by Gasteiger charge is -2.26. The number of fused-ring (bicyclic) bond motifs is 1. The Balaban J connectivity index is 1.52. The zero-order valence-electron chi connectivity index (χ0n) is 17.8. The van der Waals surface area contributed by atoms with Crippen LogP contribution in [0.5, 0.6) is 0 Å². The summed E-state index contributed by atoms with van der Waals surface area (Å²) in [6.07, 6.45) is 3.51. The molecule has 1 aliphatic rings. The normalized spacial score (nSPS) is 15.3. The van der Waals surface area contributed by atoms with Crippen LogP contribution in [0.15, 0.2) is 96.7 Å². The number of aromatic nitrogens is 1. The van der Waals surface area contributed by atoms with E-state index in [9.17, 15) is 14.4 Å². The molecular weight excluding hydrogens is 414 g/mol. The van der Waals surface area contributed by atoms with Gasteiger partial charge in [-0.1, -0.05) is 78.9 Å². The number of imide groups is 2. The number of hydrogen-bond acceptors (Lipinski definition) is 3. The molecule has 0 aliphatic carbocycles. The Morgan fingerprint density at radius 1 is 0.727 bits per heavy atom. The number of urea groups is 1. The third-order valence-electron chi connectivity index (χ3n) is 5.68. The molecule has 0 spiro atoms. The Bertz CT molecular complexity index is 1390. The lowest BCUT2D eigenvalue weighted by molar-refractivity contribution is -0.130. The topological polar surface area (TPSA) is 71.4 Å². The molecule has 1 saturated heterocycles. The number of para-hydroxylation sites is 1. The summed E-state index contributed by atoms with van der Waals surface area (Å²) in [6, 6.07) is 26.4. The van der Waals surface area contributed by atoms with Crippen LogP contribution in [0.3, 0.4) is 0 Å². The highest BCUT2D eigenvalue weighted by Gasteiger charge is 2.35. The molecule has 1 fully saturated rings. The fourth-order valence-corrected chi connectivity index (χ4v) is 4.06. The van der Waals surface area contributed by atoms with Crippen LogP contribution in [0.25, 0.3) is 17.0 Å². The van der Waals surface area contributed by atoms with E-state index in [2.05, 4.69) is 22.0 Å². The molecule has 162 valence electrons. The van der Waals surface area contributed by atoms with Crippen LogP contribution in [0.4, 0.5) is 4.79 Å². The summed E-state index contributed by atoms with van der Waals surface area (Å²) < 4.78 is 2.09. The van der Waals surface area contributed by atoms with Crippen LogP contribution in [0.2, 0.25) is 0 Å². The van der Waals surface area contributed by atoms with Crippen molar-refractivity contribution in [2.45, 2.75) is 13.1 Å². The van der Waals surface area contributed by atoms with Crippen molar-refractivity contribution < 1.29 is 14.4 Å². The number of benzene rings is 3. The SMILES string of the molecule is O=C1NC(=O)N(Cc2ccccc2)C(=O)C1=Cc1cn(Cc2ccccc2)c2ccccc12. The van der Waals surface area contributed by atoms with Crippen LogP contribution in [0.1, 0.15) is 16.7 Å². The highest BCUT2D eigenvalue weighted by Crippen LogP contribution is 2.26. The molecule has 0 unspecified atom stereocenters. The largest absolute Gasteiger partial charge is 0.342 e. The van der Waals surface area contributed by atoms with Gasteiger partial charge in [-0.3, -0.25) is 19.8 Å². The molecular formula is C27H21N3O3. The van der Waals surface area contributed by atoms with Crippen LogP contribution < -0.4 is 5.32 Å². The molecule has 1 aliphatic heterocycles. The third kappa shape index (κ3) is 4.06. The second kappa shape index (κ2) is 8.59.